The van der Waals surface area contributed by atoms with Gasteiger partial charge in [0.1, 0.15) is 12.1 Å². The Labute approximate surface area is 251 Å². The summed E-state index contributed by atoms with van der Waals surface area (Å²) in [4.78, 5) is 25.5. The number of likely N-dealkylation sites (N-methyl/N-ethyl adjacent to an activating group) is 1. The molecule has 1 amide bonds. The zero-order valence-corrected chi connectivity index (χ0v) is 28.1. The average Bonchev–Trinajstić information content (AvgIpc) is 3.28. The normalized spacial score (nSPS) is 10.0. The Balaban J connectivity index is -0.000000357. The second-order valence-corrected chi connectivity index (χ2v) is 8.49. The highest BCUT2D eigenvalue weighted by atomic mass is 19.1. The number of benzene rings is 1. The second-order valence-electron chi connectivity index (χ2n) is 8.49. The summed E-state index contributed by atoms with van der Waals surface area (Å²) >= 11 is 0. The minimum absolute atomic E-state index is 0.103. The number of amides is 1. The van der Waals surface area contributed by atoms with Crippen LogP contribution in [0.15, 0.2) is 18.2 Å². The summed E-state index contributed by atoms with van der Waals surface area (Å²) < 4.78 is 13.3. The molecule has 7 N–H and O–H groups in total. The van der Waals surface area contributed by atoms with Gasteiger partial charge in [0.25, 0.3) is 5.91 Å². The lowest BCUT2D eigenvalue weighted by molar-refractivity contribution is -0.110. The van der Waals surface area contributed by atoms with Crippen molar-refractivity contribution in [3.63, 3.8) is 0 Å². The van der Waals surface area contributed by atoms with Crippen LogP contribution in [0.2, 0.25) is 0 Å². The minimum atomic E-state index is -0.339. The summed E-state index contributed by atoms with van der Waals surface area (Å²) in [5.41, 5.74) is 14.6. The van der Waals surface area contributed by atoms with Crippen LogP contribution in [0, 0.1) is 25.6 Å². The Morgan fingerprint density at radius 2 is 1.59 bits per heavy atom. The molecule has 0 aliphatic carbocycles. The molecule has 1 unspecified atom stereocenters. The summed E-state index contributed by atoms with van der Waals surface area (Å²) in [5.74, 6) is -0.173. The number of rotatable bonds is 10. The van der Waals surface area contributed by atoms with E-state index < -0.39 is 0 Å². The van der Waals surface area contributed by atoms with E-state index in [-0.39, 0.29) is 17.6 Å². The number of carbonyl (C=O) groups excluding carboxylic acids is 2. The number of aromatic amines is 1. The molecule has 8 heteroatoms. The van der Waals surface area contributed by atoms with Crippen LogP contribution >= 0.6 is 0 Å². The zero-order valence-electron chi connectivity index (χ0n) is 28.1. The molecule has 0 saturated carbocycles. The number of nitrogens with one attached hydrogen (secondary N) is 3. The van der Waals surface area contributed by atoms with E-state index in [0.29, 0.717) is 23.4 Å². The van der Waals surface area contributed by atoms with E-state index in [4.69, 9.17) is 5.73 Å². The van der Waals surface area contributed by atoms with Crippen LogP contribution in [-0.4, -0.2) is 43.9 Å². The molecule has 0 bridgehead atoms. The molecule has 2 aromatic rings. The SMILES string of the molecule is CC.CC.CCC.CCCC(C)C=O.CCNCCNC(=O)c1c(C)[nH]c(/C=C/c2cc(F)ccc2N)c1C.CN. The molecule has 0 aliphatic rings. The third kappa shape index (κ3) is 21.4. The van der Waals surface area contributed by atoms with Crippen LogP contribution < -0.4 is 22.1 Å². The van der Waals surface area contributed by atoms with Gasteiger partial charge in [0.05, 0.1) is 5.56 Å². The van der Waals surface area contributed by atoms with Crippen LogP contribution in [0.4, 0.5) is 10.1 Å². The van der Waals surface area contributed by atoms with Crippen molar-refractivity contribution in [3.05, 3.63) is 52.1 Å². The van der Waals surface area contributed by atoms with E-state index in [0.717, 1.165) is 49.2 Å². The standard InChI is InChI=1S/C19H25FN4O.C6H12O.C3H8.2C2H6.CH5N/c1-4-22-9-10-23-19(25)18-12(2)17(24-13(18)3)8-5-14-11-15(20)6-7-16(14)21;1-3-4-6(2)5-7;1-3-2;3*1-2/h5-8,11,22,24H,4,9-10,21H2,1-3H3,(H,23,25);5-6H,3-4H2,1-2H3;3H2,1-2H3;2*1-2H3;2H2,1H3/b8-5+;;;;;. The van der Waals surface area contributed by atoms with Gasteiger partial charge in [-0.15, -0.1) is 0 Å². The highest BCUT2D eigenvalue weighted by Gasteiger charge is 2.16. The first-order valence-electron chi connectivity index (χ1n) is 15.1. The van der Waals surface area contributed by atoms with E-state index in [1.54, 1.807) is 6.08 Å². The van der Waals surface area contributed by atoms with Crippen LogP contribution in [0.1, 0.15) is 114 Å². The quantitative estimate of drug-likeness (QED) is 0.113. The molecule has 0 fully saturated rings. The van der Waals surface area contributed by atoms with Crippen molar-refractivity contribution in [2.75, 3.05) is 32.4 Å². The maximum absolute atomic E-state index is 13.3. The molecule has 238 valence electrons. The number of hydrogen-bond acceptors (Lipinski definition) is 5. The first-order chi connectivity index (χ1) is 19.7. The van der Waals surface area contributed by atoms with Crippen LogP contribution in [0.25, 0.3) is 12.2 Å². The number of aromatic nitrogens is 1. The van der Waals surface area contributed by atoms with Gasteiger partial charge in [0.2, 0.25) is 0 Å². The summed E-state index contributed by atoms with van der Waals surface area (Å²) in [6, 6.07) is 4.24. The highest BCUT2D eigenvalue weighted by molar-refractivity contribution is 5.98. The number of carbonyl (C=O) groups is 2. The monoisotopic (exact) mass is 579 g/mol. The summed E-state index contributed by atoms with van der Waals surface area (Å²) in [6.45, 7) is 24.2. The van der Waals surface area contributed by atoms with E-state index in [9.17, 15) is 14.0 Å². The molecule has 1 heterocycles. The van der Waals surface area contributed by atoms with Crippen molar-refractivity contribution in [3.8, 4) is 0 Å². The van der Waals surface area contributed by atoms with E-state index in [1.165, 1.54) is 31.7 Å². The van der Waals surface area contributed by atoms with Crippen molar-refractivity contribution in [1.29, 1.82) is 0 Å². The number of aryl methyl sites for hydroxylation is 1. The lowest BCUT2D eigenvalue weighted by Gasteiger charge is -2.06. The van der Waals surface area contributed by atoms with Crippen LogP contribution in [0.5, 0.6) is 0 Å². The molecule has 7 nitrogen and oxygen atoms in total. The zero-order chi connectivity index (χ0) is 32.8. The Bertz CT molecular complexity index is 927. The van der Waals surface area contributed by atoms with Crippen molar-refractivity contribution >= 4 is 30.0 Å². The van der Waals surface area contributed by atoms with Crippen molar-refractivity contribution in [2.24, 2.45) is 11.7 Å². The molecule has 41 heavy (non-hydrogen) atoms. The molecule has 0 radical (unpaired) electrons. The fourth-order valence-corrected chi connectivity index (χ4v) is 3.20. The van der Waals surface area contributed by atoms with Crippen molar-refractivity contribution in [1.82, 2.24) is 15.6 Å². The van der Waals surface area contributed by atoms with Crippen LogP contribution in [0.3, 0.4) is 0 Å². The van der Waals surface area contributed by atoms with E-state index in [2.05, 4.69) is 42.1 Å². The predicted molar refractivity (Wildman–Crippen MR) is 180 cm³/mol. The number of nitrogen functional groups attached to an aromatic ring is 1. The summed E-state index contributed by atoms with van der Waals surface area (Å²) in [7, 11) is 1.50. The third-order valence-corrected chi connectivity index (χ3v) is 5.00. The fraction of sp³-hybridized carbons (Fsp3) is 0.576. The molecular weight excluding hydrogens is 517 g/mol. The van der Waals surface area contributed by atoms with Gasteiger partial charge in [-0.3, -0.25) is 4.79 Å². The third-order valence-electron chi connectivity index (χ3n) is 5.00. The lowest BCUT2D eigenvalue weighted by Crippen LogP contribution is -2.32. The van der Waals surface area contributed by atoms with Gasteiger partial charge in [-0.1, -0.05) is 81.2 Å². The number of hydrogen-bond donors (Lipinski definition) is 5. The van der Waals surface area contributed by atoms with E-state index >= 15 is 0 Å². The molecular formula is C33H62FN5O2. The first kappa shape index (κ1) is 45.0. The smallest absolute Gasteiger partial charge is 0.253 e. The molecule has 0 spiro atoms. The van der Waals surface area contributed by atoms with Gasteiger partial charge in [0.15, 0.2) is 0 Å². The van der Waals surface area contributed by atoms with Gasteiger partial charge >= 0.3 is 0 Å². The molecule has 1 aromatic heterocycles. The summed E-state index contributed by atoms with van der Waals surface area (Å²) in [6.07, 6.45) is 7.94. The fourth-order valence-electron chi connectivity index (χ4n) is 3.20. The Morgan fingerprint density at radius 3 is 2.05 bits per heavy atom. The van der Waals surface area contributed by atoms with Crippen molar-refractivity contribution < 1.29 is 14.0 Å². The first-order valence-corrected chi connectivity index (χ1v) is 15.1. The maximum atomic E-state index is 13.3. The molecule has 1 aromatic carbocycles. The minimum Gasteiger partial charge on any atom is -0.398 e. The maximum Gasteiger partial charge on any atom is 0.253 e. The van der Waals surface area contributed by atoms with E-state index in [1.807, 2.05) is 61.5 Å². The number of H-pyrrole nitrogens is 1. The molecule has 0 saturated heterocycles. The van der Waals surface area contributed by atoms with Gasteiger partial charge < -0.3 is 31.9 Å². The molecule has 1 atom stereocenters. The Hall–Kier alpha value is -2.97. The van der Waals surface area contributed by atoms with Gasteiger partial charge in [-0.25, -0.2) is 4.39 Å². The topological polar surface area (TPSA) is 126 Å². The predicted octanol–water partition coefficient (Wildman–Crippen LogP) is 7.53. The van der Waals surface area contributed by atoms with Gasteiger partial charge in [-0.2, -0.15) is 0 Å². The van der Waals surface area contributed by atoms with Gasteiger partial charge in [-0.05, 0) is 63.7 Å². The number of aldehydes is 1. The lowest BCUT2D eigenvalue weighted by atomic mass is 10.1. The number of halogens is 1. The number of anilines is 1. The Morgan fingerprint density at radius 1 is 1.02 bits per heavy atom. The summed E-state index contributed by atoms with van der Waals surface area (Å²) in [5, 5.41) is 6.07. The largest absolute Gasteiger partial charge is 0.398 e. The van der Waals surface area contributed by atoms with Crippen LogP contribution in [-0.2, 0) is 4.79 Å². The molecule has 2 rings (SSSR count). The second kappa shape index (κ2) is 31.6. The molecule has 0 aliphatic heterocycles. The Kier molecular flexibility index (Phi) is 34.7. The average molecular weight is 580 g/mol. The number of nitrogens with two attached hydrogens (primary N) is 2. The van der Waals surface area contributed by atoms with Crippen molar-refractivity contribution in [2.45, 2.75) is 95.4 Å². The highest BCUT2D eigenvalue weighted by Crippen LogP contribution is 2.22. The van der Waals surface area contributed by atoms with Gasteiger partial charge in [0, 0.05) is 41.6 Å².